The second kappa shape index (κ2) is 7.51. The van der Waals surface area contributed by atoms with Crippen LogP contribution >= 0.6 is 0 Å². The van der Waals surface area contributed by atoms with Crippen LogP contribution in [-0.4, -0.2) is 16.5 Å². The Morgan fingerprint density at radius 1 is 0.808 bits per heavy atom. The minimum Gasteiger partial charge on any atom is -0.349 e. The van der Waals surface area contributed by atoms with Crippen molar-refractivity contribution < 1.29 is 0 Å². The quantitative estimate of drug-likeness (QED) is 0.724. The maximum Gasteiger partial charge on any atom is 0.212 e. The first-order valence-corrected chi connectivity index (χ1v) is 15.1. The standard InChI is InChI=1S/C23H31NSi2/c1-19(2)22-17-12-18-23(22)26(24-25(3,4)5,20-13-8-6-9-14-20)21-15-10-7-11-16-21/h6-17,19,24H,18H2,1-5H3. The Morgan fingerprint density at radius 2 is 1.31 bits per heavy atom. The zero-order valence-corrected chi connectivity index (χ0v) is 18.7. The fourth-order valence-electron chi connectivity index (χ4n) is 4.11. The molecule has 0 spiro atoms. The van der Waals surface area contributed by atoms with Crippen molar-refractivity contribution in [3.05, 3.63) is 83.6 Å². The van der Waals surface area contributed by atoms with Gasteiger partial charge < -0.3 is 4.65 Å². The lowest BCUT2D eigenvalue weighted by atomic mass is 10.1. The van der Waals surface area contributed by atoms with E-state index in [-0.39, 0.29) is 0 Å². The highest BCUT2D eigenvalue weighted by Crippen LogP contribution is 2.32. The Labute approximate surface area is 161 Å². The summed E-state index contributed by atoms with van der Waals surface area (Å²) in [5.41, 5.74) is 1.54. The van der Waals surface area contributed by atoms with Crippen LogP contribution in [0.1, 0.15) is 20.3 Å². The largest absolute Gasteiger partial charge is 0.349 e. The molecule has 3 heteroatoms. The van der Waals surface area contributed by atoms with Crippen LogP contribution in [0.25, 0.3) is 0 Å². The van der Waals surface area contributed by atoms with E-state index in [1.54, 1.807) is 5.20 Å². The molecule has 0 radical (unpaired) electrons. The van der Waals surface area contributed by atoms with Gasteiger partial charge in [0, 0.05) is 0 Å². The van der Waals surface area contributed by atoms with Crippen molar-refractivity contribution in [3.63, 3.8) is 0 Å². The van der Waals surface area contributed by atoms with Gasteiger partial charge in [0.2, 0.25) is 8.24 Å². The van der Waals surface area contributed by atoms with Gasteiger partial charge >= 0.3 is 0 Å². The molecule has 1 nitrogen and oxygen atoms in total. The molecule has 0 aromatic heterocycles. The third kappa shape index (κ3) is 3.70. The molecule has 0 aliphatic heterocycles. The fraction of sp³-hybridized carbons (Fsp3) is 0.304. The maximum absolute atomic E-state index is 4.31. The minimum absolute atomic E-state index is 0.548. The van der Waals surface area contributed by atoms with Crippen LogP contribution in [0.2, 0.25) is 19.6 Å². The molecule has 1 N–H and O–H groups in total. The second-order valence-electron chi connectivity index (χ2n) is 8.55. The molecule has 136 valence electrons. The monoisotopic (exact) mass is 377 g/mol. The Hall–Kier alpha value is -1.69. The van der Waals surface area contributed by atoms with Gasteiger partial charge in [-0.05, 0) is 28.3 Å². The van der Waals surface area contributed by atoms with E-state index in [0.29, 0.717) is 5.92 Å². The van der Waals surface area contributed by atoms with Crippen LogP contribution in [0.4, 0.5) is 0 Å². The van der Waals surface area contributed by atoms with Crippen molar-refractivity contribution in [3.8, 4) is 0 Å². The lowest BCUT2D eigenvalue weighted by Crippen LogP contribution is -2.75. The molecule has 0 fully saturated rings. The summed E-state index contributed by atoms with van der Waals surface area (Å²) < 4.78 is 4.31. The van der Waals surface area contributed by atoms with E-state index in [0.717, 1.165) is 6.42 Å². The summed E-state index contributed by atoms with van der Waals surface area (Å²) in [6, 6.07) is 22.4. The highest BCUT2D eigenvalue weighted by Gasteiger charge is 2.45. The van der Waals surface area contributed by atoms with Gasteiger partial charge in [-0.2, -0.15) is 0 Å². The summed E-state index contributed by atoms with van der Waals surface area (Å²) in [4.78, 5) is 0. The summed E-state index contributed by atoms with van der Waals surface area (Å²) in [5, 5.41) is 4.60. The van der Waals surface area contributed by atoms with Crippen LogP contribution in [0, 0.1) is 5.92 Å². The van der Waals surface area contributed by atoms with Gasteiger partial charge in [-0.3, -0.25) is 0 Å². The Morgan fingerprint density at radius 3 is 1.73 bits per heavy atom. The van der Waals surface area contributed by atoms with Gasteiger partial charge in [0.05, 0.1) is 0 Å². The number of hydrogen-bond donors (Lipinski definition) is 1. The summed E-state index contributed by atoms with van der Waals surface area (Å²) in [5.74, 6) is 0.548. The Bertz CT molecular complexity index is 760. The lowest BCUT2D eigenvalue weighted by molar-refractivity contribution is 0.789. The van der Waals surface area contributed by atoms with E-state index in [9.17, 15) is 0 Å². The van der Waals surface area contributed by atoms with E-state index in [4.69, 9.17) is 0 Å². The number of benzene rings is 2. The Balaban J connectivity index is 2.35. The molecule has 0 unspecified atom stereocenters. The normalized spacial score (nSPS) is 15.2. The first-order valence-electron chi connectivity index (χ1n) is 9.65. The summed E-state index contributed by atoms with van der Waals surface area (Å²) >= 11 is 0. The van der Waals surface area contributed by atoms with Crippen molar-refractivity contribution in [1.82, 2.24) is 4.65 Å². The highest BCUT2D eigenvalue weighted by atomic mass is 28.4. The molecule has 2 aromatic carbocycles. The predicted octanol–water partition coefficient (Wildman–Crippen LogP) is 4.62. The second-order valence-corrected chi connectivity index (χ2v) is 17.3. The molecule has 0 amide bonds. The molecule has 1 aliphatic carbocycles. The molecule has 1 aliphatic rings. The maximum atomic E-state index is 4.31. The van der Waals surface area contributed by atoms with Crippen molar-refractivity contribution in [2.75, 3.05) is 0 Å². The van der Waals surface area contributed by atoms with E-state index < -0.39 is 16.5 Å². The Kier molecular flexibility index (Phi) is 5.51. The molecule has 26 heavy (non-hydrogen) atoms. The van der Waals surface area contributed by atoms with Gasteiger partial charge in [-0.25, -0.2) is 0 Å². The molecule has 2 aromatic rings. The van der Waals surface area contributed by atoms with Crippen LogP contribution in [0.15, 0.2) is 83.6 Å². The molecule has 3 rings (SSSR count). The molecular weight excluding hydrogens is 346 g/mol. The van der Waals surface area contributed by atoms with E-state index >= 15 is 0 Å². The number of hydrogen-bond acceptors (Lipinski definition) is 1. The van der Waals surface area contributed by atoms with E-state index in [1.165, 1.54) is 15.9 Å². The van der Waals surface area contributed by atoms with Gasteiger partial charge in [0.15, 0.2) is 0 Å². The van der Waals surface area contributed by atoms with Gasteiger partial charge in [-0.1, -0.05) is 112 Å². The SMILES string of the molecule is CC(C)C1=C([Si](N[Si](C)(C)C)(c2ccccc2)c2ccccc2)CC=C1. The van der Waals surface area contributed by atoms with Crippen LogP contribution in [0.3, 0.4) is 0 Å². The highest BCUT2D eigenvalue weighted by molar-refractivity contribution is 7.11. The third-order valence-electron chi connectivity index (χ3n) is 5.02. The van der Waals surface area contributed by atoms with Crippen molar-refractivity contribution in [2.45, 2.75) is 39.9 Å². The zero-order chi connectivity index (χ0) is 18.8. The molecule has 0 saturated carbocycles. The average Bonchev–Trinajstić information content (AvgIpc) is 3.11. The molecule has 0 heterocycles. The number of nitrogens with one attached hydrogen (secondary N) is 1. The van der Waals surface area contributed by atoms with Crippen molar-refractivity contribution in [2.24, 2.45) is 5.92 Å². The van der Waals surface area contributed by atoms with Gasteiger partial charge in [-0.15, -0.1) is 0 Å². The molecule has 0 bridgehead atoms. The molecule has 0 atom stereocenters. The van der Waals surface area contributed by atoms with E-state index in [1.807, 2.05) is 0 Å². The first kappa shape index (κ1) is 19.1. The molecular formula is C23H31NSi2. The van der Waals surface area contributed by atoms with Crippen LogP contribution in [0.5, 0.6) is 0 Å². The van der Waals surface area contributed by atoms with Crippen molar-refractivity contribution >= 4 is 26.8 Å². The smallest absolute Gasteiger partial charge is 0.212 e. The molecule has 0 saturated heterocycles. The first-order chi connectivity index (χ1) is 12.3. The predicted molar refractivity (Wildman–Crippen MR) is 120 cm³/mol. The average molecular weight is 378 g/mol. The minimum atomic E-state index is -2.25. The van der Waals surface area contributed by atoms with Crippen LogP contribution in [-0.2, 0) is 0 Å². The van der Waals surface area contributed by atoms with Gasteiger partial charge in [0.25, 0.3) is 0 Å². The fourth-order valence-corrected chi connectivity index (χ4v) is 14.0. The number of rotatable bonds is 6. The zero-order valence-electron chi connectivity index (χ0n) is 16.7. The third-order valence-corrected chi connectivity index (χ3v) is 13.3. The van der Waals surface area contributed by atoms with Crippen molar-refractivity contribution in [1.29, 1.82) is 0 Å². The van der Waals surface area contributed by atoms with Gasteiger partial charge in [0.1, 0.15) is 8.24 Å². The summed E-state index contributed by atoms with van der Waals surface area (Å²) in [6.45, 7) is 11.9. The summed E-state index contributed by atoms with van der Waals surface area (Å²) in [6.07, 6.45) is 5.81. The van der Waals surface area contributed by atoms with E-state index in [2.05, 4.69) is 111 Å². The number of allylic oxidation sites excluding steroid dienone is 4. The topological polar surface area (TPSA) is 12.0 Å². The van der Waals surface area contributed by atoms with Crippen LogP contribution < -0.4 is 15.0 Å². The summed E-state index contributed by atoms with van der Waals surface area (Å²) in [7, 11) is -3.79. The lowest BCUT2D eigenvalue weighted by Gasteiger charge is -2.41.